The molecular formula is C16H14O3. The van der Waals surface area contributed by atoms with Crippen molar-refractivity contribution in [2.24, 2.45) is 0 Å². The number of carbonyl (C=O) groups is 1. The van der Waals surface area contributed by atoms with Gasteiger partial charge in [0.05, 0.1) is 6.61 Å². The van der Waals surface area contributed by atoms with Crippen LogP contribution in [0.4, 0.5) is 0 Å². The summed E-state index contributed by atoms with van der Waals surface area (Å²) in [4.78, 5) is 12.3. The summed E-state index contributed by atoms with van der Waals surface area (Å²) in [6.07, 6.45) is 0.216. The zero-order valence-electron chi connectivity index (χ0n) is 10.4. The van der Waals surface area contributed by atoms with Gasteiger partial charge in [-0.3, -0.25) is 4.79 Å². The van der Waals surface area contributed by atoms with Crippen LogP contribution in [0.3, 0.4) is 0 Å². The van der Waals surface area contributed by atoms with Crippen molar-refractivity contribution in [2.75, 3.05) is 13.2 Å². The van der Waals surface area contributed by atoms with Gasteiger partial charge in [0, 0.05) is 11.1 Å². The minimum atomic E-state index is 0.00808. The van der Waals surface area contributed by atoms with E-state index in [4.69, 9.17) is 9.47 Å². The number of ether oxygens (including phenoxy) is 2. The molecular weight excluding hydrogens is 240 g/mol. The van der Waals surface area contributed by atoms with Gasteiger partial charge in [-0.05, 0) is 12.1 Å². The number of ketones is 1. The van der Waals surface area contributed by atoms with Gasteiger partial charge in [0.25, 0.3) is 0 Å². The fraction of sp³-hybridized carbons (Fsp3) is 0.188. The topological polar surface area (TPSA) is 38.8 Å². The van der Waals surface area contributed by atoms with Crippen molar-refractivity contribution in [3.8, 4) is 5.75 Å². The fourth-order valence-corrected chi connectivity index (χ4v) is 1.84. The molecule has 1 aliphatic rings. The Kier molecular flexibility index (Phi) is 3.29. The molecule has 1 fully saturated rings. The lowest BCUT2D eigenvalue weighted by Gasteiger charge is -2.06. The zero-order valence-corrected chi connectivity index (χ0v) is 10.4. The first kappa shape index (κ1) is 11.9. The lowest BCUT2D eigenvalue weighted by atomic mass is 10.0. The molecule has 0 aliphatic carbocycles. The van der Waals surface area contributed by atoms with Crippen LogP contribution in [0.5, 0.6) is 5.75 Å². The number of carbonyl (C=O) groups excluding carboxylic acids is 1. The molecule has 2 aromatic carbocycles. The van der Waals surface area contributed by atoms with E-state index in [-0.39, 0.29) is 11.9 Å². The van der Waals surface area contributed by atoms with Gasteiger partial charge in [0.2, 0.25) is 0 Å². The van der Waals surface area contributed by atoms with Crippen molar-refractivity contribution in [1.29, 1.82) is 0 Å². The molecule has 1 atom stereocenters. The highest BCUT2D eigenvalue weighted by molar-refractivity contribution is 6.09. The number of benzene rings is 2. The predicted molar refractivity (Wildman–Crippen MR) is 71.6 cm³/mol. The Hall–Kier alpha value is -2.13. The second-order valence-electron chi connectivity index (χ2n) is 4.49. The normalized spacial score (nSPS) is 16.9. The molecule has 0 spiro atoms. The Morgan fingerprint density at radius 2 is 1.84 bits per heavy atom. The van der Waals surface area contributed by atoms with E-state index in [0.717, 1.165) is 6.61 Å². The third kappa shape index (κ3) is 3.01. The molecule has 0 N–H and O–H groups in total. The highest BCUT2D eigenvalue weighted by atomic mass is 16.6. The molecule has 3 nitrogen and oxygen atoms in total. The summed E-state index contributed by atoms with van der Waals surface area (Å²) in [5.41, 5.74) is 1.32. The zero-order chi connectivity index (χ0) is 13.1. The van der Waals surface area contributed by atoms with Crippen LogP contribution in [-0.2, 0) is 4.74 Å². The largest absolute Gasteiger partial charge is 0.491 e. The third-order valence-electron chi connectivity index (χ3n) is 2.97. The molecule has 1 saturated heterocycles. The van der Waals surface area contributed by atoms with Crippen LogP contribution in [-0.4, -0.2) is 25.1 Å². The van der Waals surface area contributed by atoms with Gasteiger partial charge < -0.3 is 9.47 Å². The minimum absolute atomic E-state index is 0.00808. The van der Waals surface area contributed by atoms with Gasteiger partial charge in [-0.25, -0.2) is 0 Å². The molecule has 0 saturated carbocycles. The number of rotatable bonds is 5. The summed E-state index contributed by atoms with van der Waals surface area (Å²) < 4.78 is 10.7. The molecule has 19 heavy (non-hydrogen) atoms. The molecule has 3 heteroatoms. The average molecular weight is 254 g/mol. The summed E-state index contributed by atoms with van der Waals surface area (Å²) in [5, 5.41) is 0. The number of hydrogen-bond acceptors (Lipinski definition) is 3. The van der Waals surface area contributed by atoms with Crippen LogP contribution in [0.2, 0.25) is 0 Å². The molecule has 3 rings (SSSR count). The van der Waals surface area contributed by atoms with E-state index >= 15 is 0 Å². The highest BCUT2D eigenvalue weighted by Crippen LogP contribution is 2.18. The lowest BCUT2D eigenvalue weighted by Crippen LogP contribution is -2.05. The Bertz CT molecular complexity index is 574. The molecule has 2 aromatic rings. The van der Waals surface area contributed by atoms with E-state index in [9.17, 15) is 4.79 Å². The molecule has 1 unspecified atom stereocenters. The summed E-state index contributed by atoms with van der Waals surface area (Å²) in [6.45, 7) is 1.31. The van der Waals surface area contributed by atoms with Crippen molar-refractivity contribution < 1.29 is 14.3 Å². The quantitative estimate of drug-likeness (QED) is 0.608. The first-order chi connectivity index (χ1) is 9.33. The Balaban J connectivity index is 1.76. The van der Waals surface area contributed by atoms with Crippen LogP contribution >= 0.6 is 0 Å². The lowest BCUT2D eigenvalue weighted by molar-refractivity contribution is 0.103. The molecule has 96 valence electrons. The maximum atomic E-state index is 12.3. The number of hydrogen-bond donors (Lipinski definition) is 0. The van der Waals surface area contributed by atoms with E-state index in [2.05, 4.69) is 0 Å². The van der Waals surface area contributed by atoms with Crippen molar-refractivity contribution in [1.82, 2.24) is 0 Å². The van der Waals surface area contributed by atoms with Crippen molar-refractivity contribution in [3.63, 3.8) is 0 Å². The van der Waals surface area contributed by atoms with Gasteiger partial charge in [0.1, 0.15) is 18.5 Å². The van der Waals surface area contributed by atoms with Crippen molar-refractivity contribution >= 4 is 5.78 Å². The SMILES string of the molecule is O=C(c1ccccc1)c1cccc(OCC2CO2)c1. The highest BCUT2D eigenvalue weighted by Gasteiger charge is 2.23. The summed E-state index contributed by atoms with van der Waals surface area (Å²) in [5.74, 6) is 0.714. The van der Waals surface area contributed by atoms with E-state index in [0.29, 0.717) is 23.5 Å². The van der Waals surface area contributed by atoms with Crippen molar-refractivity contribution in [2.45, 2.75) is 6.10 Å². The maximum Gasteiger partial charge on any atom is 0.193 e. The van der Waals surface area contributed by atoms with Crippen LogP contribution in [0.15, 0.2) is 54.6 Å². The maximum absolute atomic E-state index is 12.3. The van der Waals surface area contributed by atoms with Gasteiger partial charge in [-0.2, -0.15) is 0 Å². The molecule has 0 amide bonds. The number of epoxide rings is 1. The standard InChI is InChI=1S/C16H14O3/c17-16(12-5-2-1-3-6-12)13-7-4-8-14(9-13)18-10-15-11-19-15/h1-9,15H,10-11H2. The monoisotopic (exact) mass is 254 g/mol. The summed E-state index contributed by atoms with van der Waals surface area (Å²) in [7, 11) is 0. The first-order valence-corrected chi connectivity index (χ1v) is 6.27. The van der Waals surface area contributed by atoms with Crippen LogP contribution in [0, 0.1) is 0 Å². The van der Waals surface area contributed by atoms with Gasteiger partial charge in [-0.1, -0.05) is 42.5 Å². The van der Waals surface area contributed by atoms with Gasteiger partial charge in [0.15, 0.2) is 5.78 Å². The fourth-order valence-electron chi connectivity index (χ4n) is 1.84. The van der Waals surface area contributed by atoms with Crippen LogP contribution in [0.1, 0.15) is 15.9 Å². The van der Waals surface area contributed by atoms with Crippen molar-refractivity contribution in [3.05, 3.63) is 65.7 Å². The molecule has 0 radical (unpaired) electrons. The van der Waals surface area contributed by atoms with Gasteiger partial charge >= 0.3 is 0 Å². The molecule has 1 heterocycles. The summed E-state index contributed by atoms with van der Waals surface area (Å²) >= 11 is 0. The Morgan fingerprint density at radius 3 is 2.58 bits per heavy atom. The molecule has 0 aromatic heterocycles. The van der Waals surface area contributed by atoms with E-state index < -0.39 is 0 Å². The second kappa shape index (κ2) is 5.24. The Labute approximate surface area is 111 Å². The molecule has 0 bridgehead atoms. The van der Waals surface area contributed by atoms with E-state index in [1.807, 2.05) is 42.5 Å². The summed E-state index contributed by atoms with van der Waals surface area (Å²) in [6, 6.07) is 16.5. The third-order valence-corrected chi connectivity index (χ3v) is 2.97. The molecule has 1 aliphatic heterocycles. The first-order valence-electron chi connectivity index (χ1n) is 6.27. The Morgan fingerprint density at radius 1 is 1.11 bits per heavy atom. The van der Waals surface area contributed by atoms with Crippen LogP contribution < -0.4 is 4.74 Å². The van der Waals surface area contributed by atoms with E-state index in [1.54, 1.807) is 12.1 Å². The smallest absolute Gasteiger partial charge is 0.193 e. The predicted octanol–water partition coefficient (Wildman–Crippen LogP) is 2.70. The second-order valence-corrected chi connectivity index (χ2v) is 4.49. The van der Waals surface area contributed by atoms with Crippen LogP contribution in [0.25, 0.3) is 0 Å². The van der Waals surface area contributed by atoms with E-state index in [1.165, 1.54) is 0 Å². The minimum Gasteiger partial charge on any atom is -0.491 e. The average Bonchev–Trinajstić information content (AvgIpc) is 3.30. The van der Waals surface area contributed by atoms with Gasteiger partial charge in [-0.15, -0.1) is 0 Å².